The fourth-order valence-corrected chi connectivity index (χ4v) is 5.66. The van der Waals surface area contributed by atoms with Crippen LogP contribution in [0.5, 0.6) is 0 Å². The summed E-state index contributed by atoms with van der Waals surface area (Å²) in [5, 5.41) is 9.62. The molecule has 0 bridgehead atoms. The van der Waals surface area contributed by atoms with Crippen molar-refractivity contribution in [2.24, 2.45) is 0 Å². The highest BCUT2D eigenvalue weighted by atomic mass is 32.2. The molecule has 1 saturated heterocycles. The molecule has 1 aromatic heterocycles. The third-order valence-electron chi connectivity index (χ3n) is 5.43. The fourth-order valence-electron chi connectivity index (χ4n) is 3.97. The van der Waals surface area contributed by atoms with E-state index in [-0.39, 0.29) is 29.9 Å². The minimum absolute atomic E-state index is 0.110. The van der Waals surface area contributed by atoms with Gasteiger partial charge >= 0.3 is 0 Å². The summed E-state index contributed by atoms with van der Waals surface area (Å²) in [6, 6.07) is 13.6. The van der Waals surface area contributed by atoms with E-state index in [4.69, 9.17) is 0 Å². The molecule has 0 spiro atoms. The number of rotatable bonds is 4. The van der Waals surface area contributed by atoms with Gasteiger partial charge in [-0.3, -0.25) is 9.48 Å². The number of hydrogen-bond acceptors (Lipinski definition) is 4. The van der Waals surface area contributed by atoms with Gasteiger partial charge in [0.1, 0.15) is 0 Å². The average molecular weight is 398 g/mol. The van der Waals surface area contributed by atoms with Gasteiger partial charge in [-0.1, -0.05) is 36.4 Å². The molecule has 1 fully saturated rings. The van der Waals surface area contributed by atoms with E-state index >= 15 is 0 Å². The third kappa shape index (κ3) is 3.54. The van der Waals surface area contributed by atoms with Crippen LogP contribution in [0.15, 0.2) is 42.5 Å². The second-order valence-electron chi connectivity index (χ2n) is 7.40. The lowest BCUT2D eigenvalue weighted by Gasteiger charge is -2.12. The fraction of sp³-hybridized carbons (Fsp3) is 0.333. The van der Waals surface area contributed by atoms with Crippen molar-refractivity contribution in [1.82, 2.24) is 9.78 Å². The highest BCUT2D eigenvalue weighted by Crippen LogP contribution is 2.27. The summed E-state index contributed by atoms with van der Waals surface area (Å²) in [7, 11) is -2.99. The summed E-state index contributed by atoms with van der Waals surface area (Å²) < 4.78 is 25.4. The molecule has 6 nitrogen and oxygen atoms in total. The minimum Gasteiger partial charge on any atom is -0.325 e. The maximum Gasteiger partial charge on any atom is 0.228 e. The number of aryl methyl sites for hydroxylation is 1. The number of anilines is 1. The second kappa shape index (κ2) is 7.05. The minimum atomic E-state index is -2.99. The summed E-state index contributed by atoms with van der Waals surface area (Å²) >= 11 is 0. The lowest BCUT2D eigenvalue weighted by molar-refractivity contribution is -0.115. The predicted octanol–water partition coefficient (Wildman–Crippen LogP) is 3.19. The van der Waals surface area contributed by atoms with Gasteiger partial charge in [-0.2, -0.15) is 5.10 Å². The van der Waals surface area contributed by atoms with Crippen LogP contribution in [-0.2, 0) is 21.1 Å². The first-order chi connectivity index (χ1) is 13.3. The molecule has 1 unspecified atom stereocenters. The van der Waals surface area contributed by atoms with E-state index in [1.54, 1.807) is 4.68 Å². The third-order valence-corrected chi connectivity index (χ3v) is 7.18. The lowest BCUT2D eigenvalue weighted by Crippen LogP contribution is -2.16. The number of amides is 1. The zero-order valence-electron chi connectivity index (χ0n) is 16.0. The molecule has 1 atom stereocenters. The average Bonchev–Trinajstić information content (AvgIpc) is 3.15. The summed E-state index contributed by atoms with van der Waals surface area (Å²) in [6.45, 7) is 3.78. The van der Waals surface area contributed by atoms with Crippen LogP contribution in [0.4, 0.5) is 5.69 Å². The number of nitrogens with one attached hydrogen (secondary N) is 1. The Hall–Kier alpha value is -2.67. The Balaban J connectivity index is 1.55. The Bertz CT molecular complexity index is 1160. The zero-order chi connectivity index (χ0) is 19.9. The number of fused-ring (bicyclic) bond motifs is 1. The zero-order valence-corrected chi connectivity index (χ0v) is 16.8. The number of carbonyl (C=O) groups excluding carboxylic acids is 1. The maximum absolute atomic E-state index is 12.7. The number of benzene rings is 2. The van der Waals surface area contributed by atoms with E-state index in [0.29, 0.717) is 6.42 Å². The number of nitrogens with zero attached hydrogens (tertiary/aromatic N) is 2. The van der Waals surface area contributed by atoms with Crippen LogP contribution >= 0.6 is 0 Å². The van der Waals surface area contributed by atoms with Gasteiger partial charge in [0.25, 0.3) is 0 Å². The van der Waals surface area contributed by atoms with Crippen LogP contribution in [0, 0.1) is 13.8 Å². The molecule has 7 heteroatoms. The van der Waals surface area contributed by atoms with Crippen molar-refractivity contribution >= 4 is 32.2 Å². The molecule has 146 valence electrons. The van der Waals surface area contributed by atoms with E-state index in [2.05, 4.69) is 10.4 Å². The van der Waals surface area contributed by atoms with Crippen LogP contribution < -0.4 is 5.32 Å². The van der Waals surface area contributed by atoms with Gasteiger partial charge in [-0.15, -0.1) is 0 Å². The number of sulfone groups is 1. The number of hydrogen-bond donors (Lipinski definition) is 1. The molecule has 1 N–H and O–H groups in total. The first-order valence-electron chi connectivity index (χ1n) is 9.37. The number of carbonyl (C=O) groups is 1. The highest BCUT2D eigenvalue weighted by molar-refractivity contribution is 7.91. The molecule has 0 radical (unpaired) electrons. The van der Waals surface area contributed by atoms with E-state index < -0.39 is 9.84 Å². The first-order valence-corrected chi connectivity index (χ1v) is 11.2. The smallest absolute Gasteiger partial charge is 0.228 e. The number of aromatic nitrogens is 2. The maximum atomic E-state index is 12.7. The standard InChI is InChI=1S/C21H23N3O3S/c1-14-19(15(2)24(23-14)17-10-11-28(26,27)13-17)12-21(25)22-20-9-5-7-16-6-3-4-8-18(16)20/h3-9,17H,10-13H2,1-2H3,(H,22,25). The van der Waals surface area contributed by atoms with Crippen molar-refractivity contribution in [3.63, 3.8) is 0 Å². The Morgan fingerprint density at radius 2 is 1.93 bits per heavy atom. The summed E-state index contributed by atoms with van der Waals surface area (Å²) in [4.78, 5) is 12.7. The second-order valence-corrected chi connectivity index (χ2v) is 9.63. The Kier molecular flexibility index (Phi) is 4.71. The topological polar surface area (TPSA) is 81.1 Å². The first kappa shape index (κ1) is 18.7. The Morgan fingerprint density at radius 1 is 1.18 bits per heavy atom. The Labute approximate surface area is 164 Å². The van der Waals surface area contributed by atoms with Crippen molar-refractivity contribution in [3.8, 4) is 0 Å². The van der Waals surface area contributed by atoms with Crippen LogP contribution in [0.3, 0.4) is 0 Å². The molecule has 28 heavy (non-hydrogen) atoms. The Morgan fingerprint density at radius 3 is 2.68 bits per heavy atom. The normalized spacial score (nSPS) is 18.4. The van der Waals surface area contributed by atoms with Crippen molar-refractivity contribution in [3.05, 3.63) is 59.4 Å². The van der Waals surface area contributed by atoms with E-state index in [1.165, 1.54) is 0 Å². The van der Waals surface area contributed by atoms with Crippen LogP contribution in [0.25, 0.3) is 10.8 Å². The van der Waals surface area contributed by atoms with Gasteiger partial charge in [0.15, 0.2) is 9.84 Å². The summed E-state index contributed by atoms with van der Waals surface area (Å²) in [6.07, 6.45) is 0.784. The van der Waals surface area contributed by atoms with Gasteiger partial charge in [0.2, 0.25) is 5.91 Å². The quantitative estimate of drug-likeness (QED) is 0.733. The molecular formula is C21H23N3O3S. The summed E-state index contributed by atoms with van der Waals surface area (Å²) in [5.74, 6) is 0.213. The van der Waals surface area contributed by atoms with Gasteiger partial charge in [-0.05, 0) is 31.7 Å². The molecule has 2 aromatic carbocycles. The molecule has 1 amide bonds. The molecule has 0 aliphatic carbocycles. The van der Waals surface area contributed by atoms with Gasteiger partial charge < -0.3 is 5.32 Å². The molecule has 2 heterocycles. The van der Waals surface area contributed by atoms with Gasteiger partial charge in [0.05, 0.1) is 29.7 Å². The van der Waals surface area contributed by atoms with Crippen molar-refractivity contribution in [2.45, 2.75) is 32.7 Å². The van der Waals surface area contributed by atoms with Crippen LogP contribution in [0.2, 0.25) is 0 Å². The highest BCUT2D eigenvalue weighted by Gasteiger charge is 2.31. The van der Waals surface area contributed by atoms with Crippen molar-refractivity contribution < 1.29 is 13.2 Å². The van der Waals surface area contributed by atoms with Crippen LogP contribution in [-0.4, -0.2) is 35.6 Å². The monoisotopic (exact) mass is 397 g/mol. The predicted molar refractivity (Wildman–Crippen MR) is 110 cm³/mol. The molecule has 1 aliphatic rings. The van der Waals surface area contributed by atoms with E-state index in [9.17, 15) is 13.2 Å². The molecular weight excluding hydrogens is 374 g/mol. The SMILES string of the molecule is Cc1nn(C2CCS(=O)(=O)C2)c(C)c1CC(=O)Nc1cccc2ccccc12. The van der Waals surface area contributed by atoms with E-state index in [0.717, 1.165) is 33.4 Å². The molecule has 4 rings (SSSR count). The summed E-state index contributed by atoms with van der Waals surface area (Å²) in [5.41, 5.74) is 3.29. The molecule has 0 saturated carbocycles. The molecule has 3 aromatic rings. The lowest BCUT2D eigenvalue weighted by atomic mass is 10.1. The van der Waals surface area contributed by atoms with Crippen molar-refractivity contribution in [2.75, 3.05) is 16.8 Å². The van der Waals surface area contributed by atoms with Gasteiger partial charge in [-0.25, -0.2) is 8.42 Å². The van der Waals surface area contributed by atoms with Crippen LogP contribution in [0.1, 0.15) is 29.4 Å². The van der Waals surface area contributed by atoms with Gasteiger partial charge in [0, 0.05) is 22.3 Å². The van der Waals surface area contributed by atoms with E-state index in [1.807, 2.05) is 56.3 Å². The van der Waals surface area contributed by atoms with Crippen molar-refractivity contribution in [1.29, 1.82) is 0 Å². The molecule has 1 aliphatic heterocycles. The largest absolute Gasteiger partial charge is 0.325 e.